The van der Waals surface area contributed by atoms with Crippen molar-refractivity contribution >= 4 is 33.4 Å². The maximum atomic E-state index is 12.4. The summed E-state index contributed by atoms with van der Waals surface area (Å²) in [5.41, 5.74) is 1.83. The van der Waals surface area contributed by atoms with E-state index in [2.05, 4.69) is 15.9 Å². The Bertz CT molecular complexity index is 431. The average Bonchev–Trinajstić information content (AvgIpc) is 3.12. The molecule has 1 aliphatic carbocycles. The van der Waals surface area contributed by atoms with Crippen LogP contribution in [0.25, 0.3) is 0 Å². The molecule has 0 aliphatic heterocycles. The highest BCUT2D eigenvalue weighted by molar-refractivity contribution is 9.10. The van der Waals surface area contributed by atoms with Gasteiger partial charge in [-0.3, -0.25) is 4.79 Å². The van der Waals surface area contributed by atoms with E-state index in [1.54, 1.807) is 0 Å². The van der Waals surface area contributed by atoms with E-state index < -0.39 is 0 Å². The van der Waals surface area contributed by atoms with Crippen LogP contribution in [-0.2, 0) is 0 Å². The summed E-state index contributed by atoms with van der Waals surface area (Å²) in [4.78, 5) is 14.3. The van der Waals surface area contributed by atoms with Crippen molar-refractivity contribution in [1.82, 2.24) is 4.90 Å². The first kappa shape index (κ1) is 12.9. The molecule has 1 aliphatic rings. The number of nitrogens with zero attached hydrogens (tertiary/aromatic N) is 1. The zero-order chi connectivity index (χ0) is 12.4. The van der Waals surface area contributed by atoms with Crippen molar-refractivity contribution in [3.05, 3.63) is 33.8 Å². The first-order valence-corrected chi connectivity index (χ1v) is 7.09. The predicted octanol–water partition coefficient (Wildman–Crippen LogP) is 3.60. The number of carbonyl (C=O) groups excluding carboxylic acids is 1. The Balaban J connectivity index is 2.24. The summed E-state index contributed by atoms with van der Waals surface area (Å²) >= 11 is 9.20. The molecule has 1 aromatic carbocycles. The number of rotatable bonds is 4. The Kier molecular flexibility index (Phi) is 4.10. The van der Waals surface area contributed by atoms with Gasteiger partial charge in [0.05, 0.1) is 5.56 Å². The Morgan fingerprint density at radius 3 is 2.82 bits per heavy atom. The number of benzene rings is 1. The standard InChI is InChI=1S/C13H15BrClNO/c1-9-2-5-12(14)11(8-9)13(17)16(7-6-15)10-3-4-10/h2,5,8,10H,3-4,6-7H2,1H3. The average molecular weight is 317 g/mol. The summed E-state index contributed by atoms with van der Waals surface area (Å²) in [5.74, 6) is 0.579. The van der Waals surface area contributed by atoms with Crippen LogP contribution >= 0.6 is 27.5 Å². The van der Waals surface area contributed by atoms with Gasteiger partial charge in [0, 0.05) is 22.9 Å². The molecule has 92 valence electrons. The summed E-state index contributed by atoms with van der Waals surface area (Å²) in [6.45, 7) is 2.62. The first-order chi connectivity index (χ1) is 8.13. The van der Waals surface area contributed by atoms with Crippen molar-refractivity contribution in [2.24, 2.45) is 0 Å². The number of carbonyl (C=O) groups is 1. The molecule has 1 saturated carbocycles. The van der Waals surface area contributed by atoms with Gasteiger partial charge in [-0.05, 0) is 47.8 Å². The highest BCUT2D eigenvalue weighted by Crippen LogP contribution is 2.30. The lowest BCUT2D eigenvalue weighted by Gasteiger charge is -2.22. The molecule has 1 aromatic rings. The third kappa shape index (κ3) is 3.02. The van der Waals surface area contributed by atoms with Crippen LogP contribution in [-0.4, -0.2) is 29.3 Å². The maximum absolute atomic E-state index is 12.4. The van der Waals surface area contributed by atoms with E-state index in [-0.39, 0.29) is 5.91 Å². The second-order valence-electron chi connectivity index (χ2n) is 4.40. The van der Waals surface area contributed by atoms with E-state index in [9.17, 15) is 4.79 Å². The molecular weight excluding hydrogens is 302 g/mol. The van der Waals surface area contributed by atoms with Gasteiger partial charge in [0.15, 0.2) is 0 Å². The second kappa shape index (κ2) is 5.40. The van der Waals surface area contributed by atoms with Gasteiger partial charge in [-0.25, -0.2) is 0 Å². The van der Waals surface area contributed by atoms with E-state index >= 15 is 0 Å². The monoisotopic (exact) mass is 315 g/mol. The number of alkyl halides is 1. The van der Waals surface area contributed by atoms with Crippen LogP contribution in [0.15, 0.2) is 22.7 Å². The van der Waals surface area contributed by atoms with E-state index in [1.807, 2.05) is 30.0 Å². The maximum Gasteiger partial charge on any atom is 0.255 e. The topological polar surface area (TPSA) is 20.3 Å². The van der Waals surface area contributed by atoms with Crippen LogP contribution < -0.4 is 0 Å². The van der Waals surface area contributed by atoms with Crippen LogP contribution in [0.3, 0.4) is 0 Å². The Labute approximate surface area is 115 Å². The van der Waals surface area contributed by atoms with Gasteiger partial charge in [-0.15, -0.1) is 11.6 Å². The molecule has 2 rings (SSSR count). The molecule has 0 spiro atoms. The van der Waals surface area contributed by atoms with E-state index in [1.165, 1.54) is 0 Å². The molecule has 0 saturated heterocycles. The minimum Gasteiger partial charge on any atom is -0.334 e. The van der Waals surface area contributed by atoms with Gasteiger partial charge >= 0.3 is 0 Å². The minimum absolute atomic E-state index is 0.0868. The normalized spacial score (nSPS) is 14.8. The third-order valence-corrected chi connectivity index (χ3v) is 3.79. The number of aryl methyl sites for hydroxylation is 1. The van der Waals surface area contributed by atoms with E-state index in [0.717, 1.165) is 28.4 Å². The lowest BCUT2D eigenvalue weighted by atomic mass is 10.1. The van der Waals surface area contributed by atoms with Crippen molar-refractivity contribution in [3.8, 4) is 0 Å². The summed E-state index contributed by atoms with van der Waals surface area (Å²) in [6.07, 6.45) is 2.21. The Morgan fingerprint density at radius 2 is 2.24 bits per heavy atom. The van der Waals surface area contributed by atoms with Gasteiger partial charge < -0.3 is 4.90 Å². The van der Waals surface area contributed by atoms with Crippen LogP contribution in [0.5, 0.6) is 0 Å². The smallest absolute Gasteiger partial charge is 0.255 e. The molecule has 0 N–H and O–H groups in total. The van der Waals surface area contributed by atoms with E-state index in [0.29, 0.717) is 18.5 Å². The molecule has 0 atom stereocenters. The molecule has 17 heavy (non-hydrogen) atoms. The van der Waals surface area contributed by atoms with Gasteiger partial charge in [0.2, 0.25) is 0 Å². The van der Waals surface area contributed by atoms with E-state index in [4.69, 9.17) is 11.6 Å². The van der Waals surface area contributed by atoms with Crippen LogP contribution in [0.4, 0.5) is 0 Å². The molecule has 2 nitrogen and oxygen atoms in total. The fourth-order valence-electron chi connectivity index (χ4n) is 1.88. The largest absolute Gasteiger partial charge is 0.334 e. The molecule has 1 fully saturated rings. The Morgan fingerprint density at radius 1 is 1.53 bits per heavy atom. The summed E-state index contributed by atoms with van der Waals surface area (Å²) in [7, 11) is 0. The molecule has 1 amide bonds. The summed E-state index contributed by atoms with van der Waals surface area (Å²) < 4.78 is 0.855. The minimum atomic E-state index is 0.0868. The molecule has 0 radical (unpaired) electrons. The van der Waals surface area contributed by atoms with Crippen LogP contribution in [0.1, 0.15) is 28.8 Å². The van der Waals surface area contributed by atoms with Crippen molar-refractivity contribution < 1.29 is 4.79 Å². The zero-order valence-electron chi connectivity index (χ0n) is 9.75. The summed E-state index contributed by atoms with van der Waals surface area (Å²) in [5, 5.41) is 0. The number of halogens is 2. The fraction of sp³-hybridized carbons (Fsp3) is 0.462. The lowest BCUT2D eigenvalue weighted by Crippen LogP contribution is -2.35. The fourth-order valence-corrected chi connectivity index (χ4v) is 2.48. The number of hydrogen-bond acceptors (Lipinski definition) is 1. The van der Waals surface area contributed by atoms with Crippen molar-refractivity contribution in [2.75, 3.05) is 12.4 Å². The van der Waals surface area contributed by atoms with Gasteiger partial charge in [0.1, 0.15) is 0 Å². The first-order valence-electron chi connectivity index (χ1n) is 5.76. The van der Waals surface area contributed by atoms with Crippen molar-refractivity contribution in [3.63, 3.8) is 0 Å². The second-order valence-corrected chi connectivity index (χ2v) is 5.63. The molecular formula is C13H15BrClNO. The molecule has 4 heteroatoms. The van der Waals surface area contributed by atoms with Crippen molar-refractivity contribution in [2.45, 2.75) is 25.8 Å². The van der Waals surface area contributed by atoms with Crippen LogP contribution in [0, 0.1) is 6.92 Å². The highest BCUT2D eigenvalue weighted by Gasteiger charge is 2.33. The highest BCUT2D eigenvalue weighted by atomic mass is 79.9. The SMILES string of the molecule is Cc1ccc(Br)c(C(=O)N(CCCl)C2CC2)c1. The third-order valence-electron chi connectivity index (χ3n) is 2.93. The molecule has 0 aromatic heterocycles. The lowest BCUT2D eigenvalue weighted by molar-refractivity contribution is 0.0752. The quantitative estimate of drug-likeness (QED) is 0.777. The zero-order valence-corrected chi connectivity index (χ0v) is 12.1. The summed E-state index contributed by atoms with van der Waals surface area (Å²) in [6, 6.07) is 6.24. The van der Waals surface area contributed by atoms with Crippen LogP contribution in [0.2, 0.25) is 0 Å². The molecule has 0 unspecified atom stereocenters. The Hall–Kier alpha value is -0.540. The number of amides is 1. The van der Waals surface area contributed by atoms with Crippen molar-refractivity contribution in [1.29, 1.82) is 0 Å². The number of hydrogen-bond donors (Lipinski definition) is 0. The van der Waals surface area contributed by atoms with Gasteiger partial charge in [0.25, 0.3) is 5.91 Å². The molecule has 0 heterocycles. The predicted molar refractivity (Wildman–Crippen MR) is 73.7 cm³/mol. The van der Waals surface area contributed by atoms with Gasteiger partial charge in [-0.2, -0.15) is 0 Å². The van der Waals surface area contributed by atoms with Gasteiger partial charge in [-0.1, -0.05) is 11.6 Å². The molecule has 0 bridgehead atoms.